The van der Waals surface area contributed by atoms with Crippen molar-refractivity contribution in [3.8, 4) is 0 Å². The number of carbonyl (C=O) groups excluding carboxylic acids is 2. The molecule has 1 aromatic carbocycles. The van der Waals surface area contributed by atoms with Crippen molar-refractivity contribution >= 4 is 28.8 Å². The topological polar surface area (TPSA) is 88.3 Å². The van der Waals surface area contributed by atoms with Crippen LogP contribution in [0.15, 0.2) is 23.6 Å². The molecule has 0 bridgehead atoms. The van der Waals surface area contributed by atoms with Crippen LogP contribution in [0, 0.1) is 6.92 Å². The monoisotopic (exact) mass is 358 g/mol. The minimum Gasteiger partial charge on any atom is -0.371 e. The summed E-state index contributed by atoms with van der Waals surface area (Å²) in [4.78, 5) is 30.7. The summed E-state index contributed by atoms with van der Waals surface area (Å²) in [5.41, 5.74) is 8.08. The smallest absolute Gasteiger partial charge is 0.251 e. The van der Waals surface area contributed by atoms with Crippen LogP contribution >= 0.6 is 11.3 Å². The van der Waals surface area contributed by atoms with Crippen molar-refractivity contribution in [2.45, 2.75) is 32.7 Å². The third-order valence-corrected chi connectivity index (χ3v) is 5.22. The summed E-state index contributed by atoms with van der Waals surface area (Å²) in [7, 11) is 0. The third kappa shape index (κ3) is 4.36. The van der Waals surface area contributed by atoms with Crippen LogP contribution in [-0.2, 0) is 6.54 Å². The zero-order valence-electron chi connectivity index (χ0n) is 14.2. The fourth-order valence-electron chi connectivity index (χ4n) is 2.96. The predicted octanol–water partition coefficient (Wildman–Crippen LogP) is 2.47. The minimum atomic E-state index is -0.525. The molecule has 1 aliphatic rings. The second-order valence-corrected chi connectivity index (χ2v) is 7.19. The van der Waals surface area contributed by atoms with Crippen molar-refractivity contribution in [3.63, 3.8) is 0 Å². The van der Waals surface area contributed by atoms with Crippen LogP contribution in [0.25, 0.3) is 0 Å². The van der Waals surface area contributed by atoms with E-state index in [1.807, 2.05) is 18.4 Å². The molecule has 6 nitrogen and oxygen atoms in total. The number of thiazole rings is 1. The molecule has 7 heteroatoms. The number of rotatable bonds is 5. The Balaban J connectivity index is 1.79. The van der Waals surface area contributed by atoms with Crippen LogP contribution < -0.4 is 16.0 Å². The Hall–Kier alpha value is -2.41. The van der Waals surface area contributed by atoms with E-state index in [0.29, 0.717) is 17.7 Å². The summed E-state index contributed by atoms with van der Waals surface area (Å²) in [6, 6.07) is 5.16. The summed E-state index contributed by atoms with van der Waals surface area (Å²) >= 11 is 1.51. The lowest BCUT2D eigenvalue weighted by Crippen LogP contribution is -2.30. The van der Waals surface area contributed by atoms with Gasteiger partial charge in [0.05, 0.1) is 6.54 Å². The van der Waals surface area contributed by atoms with Crippen LogP contribution in [0.5, 0.6) is 0 Å². The number of aromatic nitrogens is 1. The first-order valence-electron chi connectivity index (χ1n) is 8.42. The summed E-state index contributed by atoms with van der Waals surface area (Å²) < 4.78 is 0. The predicted molar refractivity (Wildman–Crippen MR) is 99.0 cm³/mol. The van der Waals surface area contributed by atoms with Crippen molar-refractivity contribution in [2.24, 2.45) is 5.73 Å². The highest BCUT2D eigenvalue weighted by Gasteiger charge is 2.17. The molecule has 0 unspecified atom stereocenters. The minimum absolute atomic E-state index is 0.228. The van der Waals surface area contributed by atoms with Crippen molar-refractivity contribution in [2.75, 3.05) is 18.0 Å². The van der Waals surface area contributed by atoms with Crippen LogP contribution in [0.1, 0.15) is 50.7 Å². The summed E-state index contributed by atoms with van der Waals surface area (Å²) in [6.45, 7) is 4.16. The average molecular weight is 358 g/mol. The zero-order chi connectivity index (χ0) is 17.8. The number of nitrogens with one attached hydrogen (secondary N) is 1. The molecule has 2 heterocycles. The van der Waals surface area contributed by atoms with E-state index in [1.54, 1.807) is 12.1 Å². The molecule has 25 heavy (non-hydrogen) atoms. The van der Waals surface area contributed by atoms with Gasteiger partial charge in [-0.05, 0) is 44.4 Å². The average Bonchev–Trinajstić information content (AvgIpc) is 3.05. The molecule has 0 spiro atoms. The fraction of sp³-hybridized carbons (Fsp3) is 0.389. The maximum atomic E-state index is 12.5. The molecular weight excluding hydrogens is 336 g/mol. The van der Waals surface area contributed by atoms with E-state index in [9.17, 15) is 9.59 Å². The molecule has 1 aromatic heterocycles. The van der Waals surface area contributed by atoms with Gasteiger partial charge in [0.1, 0.15) is 5.01 Å². The molecule has 1 aliphatic heterocycles. The van der Waals surface area contributed by atoms with Crippen molar-refractivity contribution < 1.29 is 9.59 Å². The van der Waals surface area contributed by atoms with Gasteiger partial charge in [-0.1, -0.05) is 0 Å². The largest absolute Gasteiger partial charge is 0.371 e. The van der Waals surface area contributed by atoms with E-state index < -0.39 is 5.91 Å². The molecule has 132 valence electrons. The molecule has 2 aromatic rings. The van der Waals surface area contributed by atoms with E-state index >= 15 is 0 Å². The van der Waals surface area contributed by atoms with Gasteiger partial charge >= 0.3 is 0 Å². The van der Waals surface area contributed by atoms with Gasteiger partial charge < -0.3 is 16.0 Å². The van der Waals surface area contributed by atoms with Gasteiger partial charge in [-0.3, -0.25) is 9.59 Å². The number of piperidine rings is 1. The highest BCUT2D eigenvalue weighted by Crippen LogP contribution is 2.23. The molecule has 3 rings (SSSR count). The van der Waals surface area contributed by atoms with Gasteiger partial charge in [-0.2, -0.15) is 0 Å². The van der Waals surface area contributed by atoms with Crippen LogP contribution in [-0.4, -0.2) is 29.9 Å². The van der Waals surface area contributed by atoms with Gasteiger partial charge in [0, 0.05) is 41.0 Å². The number of primary amides is 1. The molecule has 0 atom stereocenters. The first kappa shape index (κ1) is 17.4. The second kappa shape index (κ2) is 7.65. The molecule has 0 radical (unpaired) electrons. The number of anilines is 1. The Labute approximate surface area is 151 Å². The number of amides is 2. The van der Waals surface area contributed by atoms with Crippen LogP contribution in [0.4, 0.5) is 5.69 Å². The summed E-state index contributed by atoms with van der Waals surface area (Å²) in [5.74, 6) is -0.752. The van der Waals surface area contributed by atoms with Gasteiger partial charge in [0.25, 0.3) is 5.91 Å². The van der Waals surface area contributed by atoms with E-state index in [1.165, 1.54) is 17.8 Å². The summed E-state index contributed by atoms with van der Waals surface area (Å²) in [5, 5.41) is 5.67. The van der Waals surface area contributed by atoms with Crippen molar-refractivity contribution in [1.29, 1.82) is 0 Å². The number of hydrogen-bond acceptors (Lipinski definition) is 5. The number of aryl methyl sites for hydroxylation is 1. The standard InChI is InChI=1S/C18H22N4O2S/c1-12-11-25-16(21-12)10-20-18(24)14-7-13(17(19)23)8-15(9-14)22-5-3-2-4-6-22/h7-9,11H,2-6,10H2,1H3,(H2,19,23)(H,20,24). The second-order valence-electron chi connectivity index (χ2n) is 6.25. The number of benzene rings is 1. The molecule has 0 saturated carbocycles. The van der Waals surface area contributed by atoms with Gasteiger partial charge in [0.2, 0.25) is 5.91 Å². The Bertz CT molecular complexity index is 781. The number of nitrogens with zero attached hydrogens (tertiary/aromatic N) is 2. The Morgan fingerprint density at radius 2 is 1.92 bits per heavy atom. The Morgan fingerprint density at radius 1 is 1.20 bits per heavy atom. The number of hydrogen-bond donors (Lipinski definition) is 2. The first-order chi connectivity index (χ1) is 12.0. The lowest BCUT2D eigenvalue weighted by Gasteiger charge is -2.29. The van der Waals surface area contributed by atoms with Crippen molar-refractivity contribution in [3.05, 3.63) is 45.4 Å². The lowest BCUT2D eigenvalue weighted by molar-refractivity contribution is 0.0951. The molecule has 0 aliphatic carbocycles. The number of nitrogens with two attached hydrogens (primary N) is 1. The molecular formula is C18H22N4O2S. The van der Waals surface area contributed by atoms with Gasteiger partial charge in [-0.15, -0.1) is 11.3 Å². The van der Waals surface area contributed by atoms with E-state index in [4.69, 9.17) is 5.73 Å². The third-order valence-electron chi connectivity index (χ3n) is 4.25. The molecule has 1 fully saturated rings. The Kier molecular flexibility index (Phi) is 5.33. The number of carbonyl (C=O) groups is 2. The maximum absolute atomic E-state index is 12.5. The first-order valence-corrected chi connectivity index (χ1v) is 9.30. The van der Waals surface area contributed by atoms with E-state index in [2.05, 4.69) is 15.2 Å². The normalized spacial score (nSPS) is 14.4. The fourth-order valence-corrected chi connectivity index (χ4v) is 3.67. The quantitative estimate of drug-likeness (QED) is 0.859. The van der Waals surface area contributed by atoms with Gasteiger partial charge in [-0.25, -0.2) is 4.98 Å². The highest BCUT2D eigenvalue weighted by molar-refractivity contribution is 7.09. The lowest BCUT2D eigenvalue weighted by atomic mass is 10.0. The van der Waals surface area contributed by atoms with E-state index in [0.717, 1.165) is 42.3 Å². The van der Waals surface area contributed by atoms with E-state index in [-0.39, 0.29) is 5.91 Å². The Morgan fingerprint density at radius 3 is 2.56 bits per heavy atom. The molecule has 3 N–H and O–H groups in total. The van der Waals surface area contributed by atoms with Gasteiger partial charge in [0.15, 0.2) is 0 Å². The molecule has 1 saturated heterocycles. The zero-order valence-corrected chi connectivity index (χ0v) is 15.1. The SMILES string of the molecule is Cc1csc(CNC(=O)c2cc(C(N)=O)cc(N3CCCCC3)c2)n1. The summed E-state index contributed by atoms with van der Waals surface area (Å²) in [6.07, 6.45) is 3.45. The van der Waals surface area contributed by atoms with Crippen LogP contribution in [0.2, 0.25) is 0 Å². The van der Waals surface area contributed by atoms with Crippen molar-refractivity contribution in [1.82, 2.24) is 10.3 Å². The molecule has 2 amide bonds. The van der Waals surface area contributed by atoms with Crippen LogP contribution in [0.3, 0.4) is 0 Å². The maximum Gasteiger partial charge on any atom is 0.251 e. The highest BCUT2D eigenvalue weighted by atomic mass is 32.1.